The summed E-state index contributed by atoms with van der Waals surface area (Å²) in [5.41, 5.74) is 4.29. The van der Waals surface area contributed by atoms with Gasteiger partial charge in [0.25, 0.3) is 5.91 Å². The van der Waals surface area contributed by atoms with Gasteiger partial charge in [-0.3, -0.25) is 9.78 Å². The molecule has 2 heterocycles. The largest absolute Gasteiger partial charge is 0.320 e. The fourth-order valence-electron chi connectivity index (χ4n) is 1.83. The highest BCUT2D eigenvalue weighted by molar-refractivity contribution is 9.11. The van der Waals surface area contributed by atoms with Crippen molar-refractivity contribution in [3.8, 4) is 0 Å². The second kappa shape index (κ2) is 5.20. The highest BCUT2D eigenvalue weighted by Gasteiger charge is 2.12. The van der Waals surface area contributed by atoms with Crippen molar-refractivity contribution in [2.45, 2.75) is 20.8 Å². The summed E-state index contributed by atoms with van der Waals surface area (Å²) < 4.78 is 0.947. The van der Waals surface area contributed by atoms with E-state index in [4.69, 9.17) is 0 Å². The quantitative estimate of drug-likeness (QED) is 0.904. The van der Waals surface area contributed by atoms with Gasteiger partial charge in [0, 0.05) is 11.1 Å². The summed E-state index contributed by atoms with van der Waals surface area (Å²) in [5.74, 6) is -0.103. The van der Waals surface area contributed by atoms with Crippen molar-refractivity contribution in [3.63, 3.8) is 0 Å². The van der Waals surface area contributed by atoms with E-state index in [9.17, 15) is 4.79 Å². The lowest BCUT2D eigenvalue weighted by Gasteiger charge is -2.11. The van der Waals surface area contributed by atoms with Crippen LogP contribution in [-0.4, -0.2) is 10.9 Å². The van der Waals surface area contributed by atoms with Gasteiger partial charge in [0.15, 0.2) is 0 Å². The molecule has 0 bridgehead atoms. The third-order valence-corrected chi connectivity index (χ3v) is 4.10. The van der Waals surface area contributed by atoms with Gasteiger partial charge in [-0.05, 0) is 54.4 Å². The second-order valence-electron chi connectivity index (χ2n) is 4.13. The number of aromatic nitrogens is 1. The first-order valence-corrected chi connectivity index (χ1v) is 7.15. The molecule has 0 aromatic carbocycles. The van der Waals surface area contributed by atoms with Crippen LogP contribution < -0.4 is 5.32 Å². The van der Waals surface area contributed by atoms with Gasteiger partial charge in [0.05, 0.1) is 20.7 Å². The van der Waals surface area contributed by atoms with Crippen molar-refractivity contribution in [1.82, 2.24) is 4.98 Å². The van der Waals surface area contributed by atoms with Crippen LogP contribution in [0.5, 0.6) is 0 Å². The van der Waals surface area contributed by atoms with Gasteiger partial charge in [-0.1, -0.05) is 0 Å². The van der Waals surface area contributed by atoms with Gasteiger partial charge < -0.3 is 5.32 Å². The van der Waals surface area contributed by atoms with Crippen molar-refractivity contribution in [3.05, 3.63) is 43.8 Å². The second-order valence-corrected chi connectivity index (χ2v) is 6.43. The predicted molar refractivity (Wildman–Crippen MR) is 78.4 cm³/mol. The van der Waals surface area contributed by atoms with Crippen LogP contribution in [0.2, 0.25) is 0 Å². The lowest BCUT2D eigenvalue weighted by molar-refractivity contribution is 0.102. The molecular weight excluding hydrogens is 312 g/mol. The number of anilines is 1. The molecule has 1 amide bonds. The van der Waals surface area contributed by atoms with E-state index in [2.05, 4.69) is 26.2 Å². The Hall–Kier alpha value is -1.20. The summed E-state index contributed by atoms with van der Waals surface area (Å²) in [7, 11) is 0. The van der Waals surface area contributed by atoms with Gasteiger partial charge in [0.2, 0.25) is 0 Å². The highest BCUT2D eigenvalue weighted by atomic mass is 79.9. The number of hydrogen-bond acceptors (Lipinski definition) is 3. The van der Waals surface area contributed by atoms with E-state index in [1.54, 1.807) is 0 Å². The Kier molecular flexibility index (Phi) is 3.82. The van der Waals surface area contributed by atoms with Crippen molar-refractivity contribution in [2.75, 3.05) is 5.32 Å². The van der Waals surface area contributed by atoms with E-state index < -0.39 is 0 Å². The van der Waals surface area contributed by atoms with Crippen molar-refractivity contribution in [2.24, 2.45) is 0 Å². The van der Waals surface area contributed by atoms with Gasteiger partial charge in [-0.25, -0.2) is 0 Å². The average molecular weight is 325 g/mol. The van der Waals surface area contributed by atoms with E-state index in [0.717, 1.165) is 26.4 Å². The number of carbonyl (C=O) groups excluding carboxylic acids is 1. The minimum Gasteiger partial charge on any atom is -0.320 e. The van der Waals surface area contributed by atoms with Gasteiger partial charge in [-0.2, -0.15) is 0 Å². The number of nitrogens with one attached hydrogen (secondary N) is 1. The maximum absolute atomic E-state index is 12.1. The number of thiophene rings is 1. The molecular formula is C13H13BrN2OS. The number of rotatable bonds is 2. The van der Waals surface area contributed by atoms with E-state index in [1.165, 1.54) is 11.3 Å². The topological polar surface area (TPSA) is 42.0 Å². The lowest BCUT2D eigenvalue weighted by Crippen LogP contribution is -2.13. The molecule has 0 unspecified atom stereocenters. The fraction of sp³-hybridized carbons (Fsp3) is 0.231. The molecule has 0 aliphatic rings. The van der Waals surface area contributed by atoms with Gasteiger partial charge in [-0.15, -0.1) is 11.3 Å². The molecule has 0 saturated heterocycles. The van der Waals surface area contributed by atoms with Crippen molar-refractivity contribution < 1.29 is 4.79 Å². The molecule has 2 rings (SSSR count). The summed E-state index contributed by atoms with van der Waals surface area (Å²) in [6.45, 7) is 5.82. The molecule has 0 atom stereocenters. The number of pyridine rings is 1. The average Bonchev–Trinajstić information content (AvgIpc) is 2.70. The Morgan fingerprint density at radius 2 is 2.06 bits per heavy atom. The molecule has 3 nitrogen and oxygen atoms in total. The van der Waals surface area contributed by atoms with Crippen LogP contribution in [0.1, 0.15) is 27.3 Å². The van der Waals surface area contributed by atoms with Crippen LogP contribution in [0.25, 0.3) is 0 Å². The van der Waals surface area contributed by atoms with Crippen molar-refractivity contribution in [1.29, 1.82) is 0 Å². The minimum atomic E-state index is -0.103. The molecule has 5 heteroatoms. The molecule has 0 aliphatic heterocycles. The Labute approximate surface area is 118 Å². The molecule has 94 valence electrons. The van der Waals surface area contributed by atoms with E-state index >= 15 is 0 Å². The summed E-state index contributed by atoms with van der Waals surface area (Å²) >= 11 is 4.84. The van der Waals surface area contributed by atoms with Crippen LogP contribution in [0, 0.1) is 20.8 Å². The zero-order valence-electron chi connectivity index (χ0n) is 10.4. The number of nitrogens with zero attached hydrogens (tertiary/aromatic N) is 1. The SMILES string of the molecule is Cc1cc(C)c(NC(=O)c2csc(Br)c2)c(C)n1. The Bertz CT molecular complexity index is 584. The first-order valence-electron chi connectivity index (χ1n) is 5.47. The smallest absolute Gasteiger partial charge is 0.256 e. The van der Waals surface area contributed by atoms with Crippen molar-refractivity contribution >= 4 is 38.9 Å². The van der Waals surface area contributed by atoms with Crippen LogP contribution in [-0.2, 0) is 0 Å². The molecule has 18 heavy (non-hydrogen) atoms. The molecule has 2 aromatic rings. The maximum Gasteiger partial charge on any atom is 0.256 e. The normalized spacial score (nSPS) is 10.4. The summed E-state index contributed by atoms with van der Waals surface area (Å²) in [5, 5.41) is 4.74. The third kappa shape index (κ3) is 2.79. The zero-order valence-corrected chi connectivity index (χ0v) is 12.8. The summed E-state index contributed by atoms with van der Waals surface area (Å²) in [4.78, 5) is 16.4. The number of hydrogen-bond donors (Lipinski definition) is 1. The standard InChI is InChI=1S/C13H13BrN2OS/c1-7-4-8(2)15-9(3)12(7)16-13(17)10-5-11(14)18-6-10/h4-6H,1-3H3,(H,16,17). The predicted octanol–water partition coefficient (Wildman–Crippen LogP) is 4.08. The highest BCUT2D eigenvalue weighted by Crippen LogP contribution is 2.23. The van der Waals surface area contributed by atoms with Crippen LogP contribution in [0.4, 0.5) is 5.69 Å². The van der Waals surface area contributed by atoms with E-state index in [-0.39, 0.29) is 5.91 Å². The number of carbonyl (C=O) groups is 1. The Morgan fingerprint density at radius 1 is 1.33 bits per heavy atom. The molecule has 2 aromatic heterocycles. The number of aryl methyl sites for hydroxylation is 3. The molecule has 0 saturated carbocycles. The van der Waals surface area contributed by atoms with Gasteiger partial charge in [0.1, 0.15) is 0 Å². The minimum absolute atomic E-state index is 0.103. The number of halogens is 1. The van der Waals surface area contributed by atoms with Gasteiger partial charge >= 0.3 is 0 Å². The molecule has 0 spiro atoms. The fourth-order valence-corrected chi connectivity index (χ4v) is 2.96. The van der Waals surface area contributed by atoms with Crippen LogP contribution in [0.3, 0.4) is 0 Å². The summed E-state index contributed by atoms with van der Waals surface area (Å²) in [6, 6.07) is 3.78. The van der Waals surface area contributed by atoms with E-state index in [0.29, 0.717) is 5.56 Å². The maximum atomic E-state index is 12.1. The summed E-state index contributed by atoms with van der Waals surface area (Å²) in [6.07, 6.45) is 0. The molecule has 0 aliphatic carbocycles. The number of amides is 1. The monoisotopic (exact) mass is 324 g/mol. The van der Waals surface area contributed by atoms with E-state index in [1.807, 2.05) is 38.3 Å². The Morgan fingerprint density at radius 3 is 2.61 bits per heavy atom. The lowest BCUT2D eigenvalue weighted by atomic mass is 10.1. The zero-order chi connectivity index (χ0) is 13.3. The molecule has 0 fully saturated rings. The first kappa shape index (κ1) is 13.2. The Balaban J connectivity index is 2.27. The molecule has 0 radical (unpaired) electrons. The third-order valence-electron chi connectivity index (χ3n) is 2.59. The first-order chi connectivity index (χ1) is 8.47. The molecule has 1 N–H and O–H groups in total. The van der Waals surface area contributed by atoms with Crippen LogP contribution in [0.15, 0.2) is 21.3 Å². The van der Waals surface area contributed by atoms with Crippen LogP contribution >= 0.6 is 27.3 Å².